The molecule has 1 aliphatic rings. The maximum atomic E-state index is 2.56. The van der Waals surface area contributed by atoms with Crippen molar-refractivity contribution >= 4 is 29.4 Å². The fraction of sp³-hybridized carbons (Fsp3) is 0.412. The minimum Gasteiger partial charge on any atom is -0.369 e. The minimum atomic E-state index is 0. The standard InChI is InChI=1S/C17H22N2S.ClH/c1-18(2)17(15-9-11-20-13-15)12-19-10-5-7-14-6-3-4-8-16(14)19;/h3-4,6,8-9,11,13,17H,5,7,10,12H2,1-2H3;1H. The van der Waals surface area contributed by atoms with Gasteiger partial charge in [-0.1, -0.05) is 18.2 Å². The Morgan fingerprint density at radius 3 is 2.76 bits per heavy atom. The average Bonchev–Trinajstić information content (AvgIpc) is 2.98. The van der Waals surface area contributed by atoms with Gasteiger partial charge in [0.25, 0.3) is 0 Å². The van der Waals surface area contributed by atoms with Crippen molar-refractivity contribution in [2.45, 2.75) is 18.9 Å². The zero-order chi connectivity index (χ0) is 13.9. The van der Waals surface area contributed by atoms with Crippen LogP contribution in [-0.2, 0) is 6.42 Å². The van der Waals surface area contributed by atoms with Gasteiger partial charge in [0.1, 0.15) is 0 Å². The summed E-state index contributed by atoms with van der Waals surface area (Å²) < 4.78 is 0. The molecule has 3 rings (SSSR count). The lowest BCUT2D eigenvalue weighted by molar-refractivity contribution is 0.300. The molecule has 0 spiro atoms. The monoisotopic (exact) mass is 322 g/mol. The van der Waals surface area contributed by atoms with Crippen LogP contribution in [0.4, 0.5) is 5.69 Å². The first-order valence-electron chi connectivity index (χ1n) is 7.27. The van der Waals surface area contributed by atoms with E-state index < -0.39 is 0 Å². The molecule has 1 aromatic carbocycles. The molecular weight excluding hydrogens is 300 g/mol. The van der Waals surface area contributed by atoms with Crippen LogP contribution in [0.5, 0.6) is 0 Å². The number of para-hydroxylation sites is 1. The molecule has 0 radical (unpaired) electrons. The van der Waals surface area contributed by atoms with Crippen LogP contribution in [0.3, 0.4) is 0 Å². The van der Waals surface area contributed by atoms with E-state index in [1.54, 1.807) is 11.3 Å². The van der Waals surface area contributed by atoms with Crippen molar-refractivity contribution in [1.29, 1.82) is 0 Å². The van der Waals surface area contributed by atoms with Crippen LogP contribution in [0.15, 0.2) is 41.1 Å². The Morgan fingerprint density at radius 1 is 1.24 bits per heavy atom. The van der Waals surface area contributed by atoms with Crippen molar-refractivity contribution in [2.75, 3.05) is 32.1 Å². The van der Waals surface area contributed by atoms with Gasteiger partial charge in [0.15, 0.2) is 0 Å². The molecule has 114 valence electrons. The highest BCUT2D eigenvalue weighted by Gasteiger charge is 2.22. The van der Waals surface area contributed by atoms with Crippen LogP contribution in [0.1, 0.15) is 23.6 Å². The first-order valence-corrected chi connectivity index (χ1v) is 8.21. The zero-order valence-corrected chi connectivity index (χ0v) is 14.3. The number of nitrogens with zero attached hydrogens (tertiary/aromatic N) is 2. The maximum Gasteiger partial charge on any atom is 0.0526 e. The van der Waals surface area contributed by atoms with Crippen molar-refractivity contribution in [2.24, 2.45) is 0 Å². The number of likely N-dealkylation sites (N-methyl/N-ethyl adjacent to an activating group) is 1. The van der Waals surface area contributed by atoms with Gasteiger partial charge in [-0.05, 0) is 61.0 Å². The topological polar surface area (TPSA) is 6.48 Å². The molecule has 21 heavy (non-hydrogen) atoms. The van der Waals surface area contributed by atoms with Gasteiger partial charge in [-0.2, -0.15) is 11.3 Å². The second-order valence-electron chi connectivity index (χ2n) is 5.71. The first-order chi connectivity index (χ1) is 9.75. The van der Waals surface area contributed by atoms with Gasteiger partial charge in [-0.25, -0.2) is 0 Å². The van der Waals surface area contributed by atoms with Crippen molar-refractivity contribution < 1.29 is 0 Å². The molecule has 2 aromatic rings. The van der Waals surface area contributed by atoms with Crippen molar-refractivity contribution in [3.8, 4) is 0 Å². The summed E-state index contributed by atoms with van der Waals surface area (Å²) in [6.45, 7) is 2.24. The van der Waals surface area contributed by atoms with E-state index in [0.29, 0.717) is 6.04 Å². The van der Waals surface area contributed by atoms with E-state index in [0.717, 1.165) is 6.54 Å². The Balaban J connectivity index is 0.00000161. The van der Waals surface area contributed by atoms with Gasteiger partial charge in [0, 0.05) is 18.8 Å². The SMILES string of the molecule is CN(C)C(CN1CCCc2ccccc21)c1ccsc1.Cl. The number of thiophene rings is 1. The largest absolute Gasteiger partial charge is 0.369 e. The van der Waals surface area contributed by atoms with Crippen LogP contribution < -0.4 is 4.90 Å². The van der Waals surface area contributed by atoms with Gasteiger partial charge in [-0.3, -0.25) is 0 Å². The highest BCUT2D eigenvalue weighted by Crippen LogP contribution is 2.30. The predicted octanol–water partition coefficient (Wildman–Crippen LogP) is 4.23. The number of aryl methyl sites for hydroxylation is 1. The third-order valence-electron chi connectivity index (χ3n) is 4.15. The van der Waals surface area contributed by atoms with E-state index in [9.17, 15) is 0 Å². The summed E-state index contributed by atoms with van der Waals surface area (Å²) in [5.41, 5.74) is 4.37. The lowest BCUT2D eigenvalue weighted by Crippen LogP contribution is -2.37. The number of anilines is 1. The Kier molecular flexibility index (Phi) is 5.68. The maximum absolute atomic E-state index is 2.56. The third kappa shape index (κ3) is 3.60. The number of hydrogen-bond donors (Lipinski definition) is 0. The molecular formula is C17H23ClN2S. The molecule has 0 N–H and O–H groups in total. The highest BCUT2D eigenvalue weighted by atomic mass is 35.5. The van der Waals surface area contributed by atoms with Gasteiger partial charge in [0.05, 0.1) is 6.04 Å². The van der Waals surface area contributed by atoms with Crippen molar-refractivity contribution in [3.63, 3.8) is 0 Å². The molecule has 2 heterocycles. The summed E-state index contributed by atoms with van der Waals surface area (Å²) in [7, 11) is 4.36. The van der Waals surface area contributed by atoms with Crippen LogP contribution in [0.25, 0.3) is 0 Å². The van der Waals surface area contributed by atoms with Crippen molar-refractivity contribution in [1.82, 2.24) is 4.90 Å². The molecule has 4 heteroatoms. The zero-order valence-electron chi connectivity index (χ0n) is 12.7. The molecule has 1 unspecified atom stereocenters. The van der Waals surface area contributed by atoms with E-state index in [2.05, 4.69) is 65.0 Å². The van der Waals surface area contributed by atoms with Gasteiger partial charge in [0.2, 0.25) is 0 Å². The number of hydrogen-bond acceptors (Lipinski definition) is 3. The van der Waals surface area contributed by atoms with Gasteiger partial charge in [-0.15, -0.1) is 12.4 Å². The van der Waals surface area contributed by atoms with E-state index in [4.69, 9.17) is 0 Å². The summed E-state index contributed by atoms with van der Waals surface area (Å²) in [4.78, 5) is 4.89. The van der Waals surface area contributed by atoms with Gasteiger partial charge >= 0.3 is 0 Å². The first kappa shape index (κ1) is 16.3. The van der Waals surface area contributed by atoms with E-state index >= 15 is 0 Å². The number of halogens is 1. The summed E-state index contributed by atoms with van der Waals surface area (Å²) >= 11 is 1.79. The van der Waals surface area contributed by atoms with Crippen LogP contribution in [0, 0.1) is 0 Å². The molecule has 1 aromatic heterocycles. The number of benzene rings is 1. The molecule has 0 saturated heterocycles. The third-order valence-corrected chi connectivity index (χ3v) is 4.85. The smallest absolute Gasteiger partial charge is 0.0526 e. The molecule has 1 aliphatic heterocycles. The molecule has 0 fully saturated rings. The number of rotatable bonds is 4. The summed E-state index contributed by atoms with van der Waals surface area (Å²) in [5, 5.41) is 4.45. The Labute approximate surface area is 137 Å². The van der Waals surface area contributed by atoms with E-state index in [-0.39, 0.29) is 12.4 Å². The van der Waals surface area contributed by atoms with Crippen LogP contribution in [-0.4, -0.2) is 32.1 Å². The molecule has 0 aliphatic carbocycles. The predicted molar refractivity (Wildman–Crippen MR) is 95.0 cm³/mol. The Bertz CT molecular complexity index is 554. The lowest BCUT2D eigenvalue weighted by atomic mass is 10.00. The lowest BCUT2D eigenvalue weighted by Gasteiger charge is -2.36. The second-order valence-corrected chi connectivity index (χ2v) is 6.49. The highest BCUT2D eigenvalue weighted by molar-refractivity contribution is 7.07. The molecule has 0 bridgehead atoms. The fourth-order valence-corrected chi connectivity index (χ4v) is 3.75. The van der Waals surface area contributed by atoms with Crippen LogP contribution >= 0.6 is 23.7 Å². The molecule has 2 nitrogen and oxygen atoms in total. The van der Waals surface area contributed by atoms with Crippen molar-refractivity contribution in [3.05, 3.63) is 52.2 Å². The number of fused-ring (bicyclic) bond motifs is 1. The summed E-state index contributed by atoms with van der Waals surface area (Å²) in [6.07, 6.45) is 2.48. The Morgan fingerprint density at radius 2 is 2.05 bits per heavy atom. The van der Waals surface area contributed by atoms with Crippen LogP contribution in [0.2, 0.25) is 0 Å². The van der Waals surface area contributed by atoms with E-state index in [1.165, 1.54) is 36.2 Å². The van der Waals surface area contributed by atoms with E-state index in [1.807, 2.05) is 0 Å². The quantitative estimate of drug-likeness (QED) is 0.831. The molecule has 0 amide bonds. The summed E-state index contributed by atoms with van der Waals surface area (Å²) in [5.74, 6) is 0. The second kappa shape index (κ2) is 7.30. The van der Waals surface area contributed by atoms with Gasteiger partial charge < -0.3 is 9.80 Å². The summed E-state index contributed by atoms with van der Waals surface area (Å²) in [6, 6.07) is 11.6. The normalized spacial score (nSPS) is 15.5. The molecule has 0 saturated carbocycles. The minimum absolute atomic E-state index is 0. The molecule has 1 atom stereocenters. The Hall–Kier alpha value is -1.03. The average molecular weight is 323 g/mol. The fourth-order valence-electron chi connectivity index (χ4n) is 3.04.